The highest BCUT2D eigenvalue weighted by Gasteiger charge is 2.30. The van der Waals surface area contributed by atoms with E-state index >= 15 is 0 Å². The monoisotopic (exact) mass is 333 g/mol. The molecule has 0 saturated heterocycles. The molecule has 0 amide bonds. The van der Waals surface area contributed by atoms with Crippen LogP contribution >= 0.6 is 11.8 Å². The van der Waals surface area contributed by atoms with Crippen molar-refractivity contribution in [2.75, 3.05) is 6.26 Å². The van der Waals surface area contributed by atoms with Gasteiger partial charge in [-0.2, -0.15) is 11.8 Å². The Balaban J connectivity index is 2.21. The third-order valence-electron chi connectivity index (χ3n) is 3.78. The Morgan fingerprint density at radius 3 is 2.71 bits per heavy atom. The molecule has 1 fully saturated rings. The van der Waals surface area contributed by atoms with E-state index < -0.39 is 15.8 Å². The number of halogens is 1. The van der Waals surface area contributed by atoms with E-state index in [1.807, 2.05) is 6.26 Å². The van der Waals surface area contributed by atoms with Crippen molar-refractivity contribution in [3.63, 3.8) is 0 Å². The molecule has 2 N–H and O–H groups in total. The summed E-state index contributed by atoms with van der Waals surface area (Å²) < 4.78 is 41.3. The number of aliphatic hydroxyl groups excluding tert-OH is 1. The Morgan fingerprint density at radius 2 is 2.10 bits per heavy atom. The van der Waals surface area contributed by atoms with Gasteiger partial charge in [-0.3, -0.25) is 0 Å². The molecule has 1 aliphatic rings. The summed E-state index contributed by atoms with van der Waals surface area (Å²) in [4.78, 5) is -0.356. The molecule has 1 saturated carbocycles. The summed E-state index contributed by atoms with van der Waals surface area (Å²) in [5.41, 5.74) is 0.353. The Kier molecular flexibility index (Phi) is 5.65. The fourth-order valence-corrected chi connectivity index (χ4v) is 5.03. The lowest BCUT2D eigenvalue weighted by Gasteiger charge is -2.30. The van der Waals surface area contributed by atoms with Gasteiger partial charge in [-0.1, -0.05) is 18.9 Å². The maximum atomic E-state index is 13.9. The molecule has 0 bridgehead atoms. The lowest BCUT2D eigenvalue weighted by atomic mass is 9.96. The number of rotatable bonds is 5. The first kappa shape index (κ1) is 16.7. The molecule has 2 rings (SSSR count). The van der Waals surface area contributed by atoms with Crippen LogP contribution in [0.5, 0.6) is 0 Å². The second kappa shape index (κ2) is 7.09. The molecule has 0 spiro atoms. The van der Waals surface area contributed by atoms with Crippen LogP contribution in [0.15, 0.2) is 23.1 Å². The van der Waals surface area contributed by atoms with E-state index in [0.29, 0.717) is 5.56 Å². The van der Waals surface area contributed by atoms with Gasteiger partial charge < -0.3 is 5.11 Å². The normalized spacial score (nSPS) is 23.2. The molecule has 0 aromatic heterocycles. The van der Waals surface area contributed by atoms with Crippen molar-refractivity contribution < 1.29 is 17.9 Å². The van der Waals surface area contributed by atoms with Crippen molar-refractivity contribution in [1.82, 2.24) is 4.72 Å². The largest absolute Gasteiger partial charge is 0.392 e. The minimum absolute atomic E-state index is 0.157. The molecule has 0 radical (unpaired) electrons. The summed E-state index contributed by atoms with van der Waals surface area (Å²) >= 11 is 1.65. The van der Waals surface area contributed by atoms with Crippen LogP contribution < -0.4 is 4.72 Å². The van der Waals surface area contributed by atoms with Crippen LogP contribution in [-0.4, -0.2) is 31.1 Å². The van der Waals surface area contributed by atoms with Crippen LogP contribution in [-0.2, 0) is 16.6 Å². The van der Waals surface area contributed by atoms with Gasteiger partial charge in [0.05, 0.1) is 6.61 Å². The molecule has 2 unspecified atom stereocenters. The van der Waals surface area contributed by atoms with Crippen LogP contribution in [0.3, 0.4) is 0 Å². The summed E-state index contributed by atoms with van der Waals surface area (Å²) in [5.74, 6) is -0.828. The topological polar surface area (TPSA) is 66.4 Å². The zero-order chi connectivity index (χ0) is 15.5. The maximum absolute atomic E-state index is 13.9. The van der Waals surface area contributed by atoms with E-state index in [9.17, 15) is 12.8 Å². The van der Waals surface area contributed by atoms with Gasteiger partial charge in [-0.25, -0.2) is 17.5 Å². The fourth-order valence-electron chi connectivity index (χ4n) is 2.64. The van der Waals surface area contributed by atoms with E-state index in [2.05, 4.69) is 4.72 Å². The summed E-state index contributed by atoms with van der Waals surface area (Å²) in [6.45, 7) is -0.318. The van der Waals surface area contributed by atoms with E-state index in [1.54, 1.807) is 11.8 Å². The summed E-state index contributed by atoms with van der Waals surface area (Å²) in [6, 6.07) is 3.53. The number of benzene rings is 1. The Bertz CT molecular complexity index is 592. The number of hydrogen-bond acceptors (Lipinski definition) is 4. The van der Waals surface area contributed by atoms with E-state index in [-0.39, 0.29) is 22.8 Å². The van der Waals surface area contributed by atoms with Gasteiger partial charge in [0.2, 0.25) is 10.0 Å². The summed E-state index contributed by atoms with van der Waals surface area (Å²) in [5, 5.41) is 9.18. The van der Waals surface area contributed by atoms with Gasteiger partial charge in [0.25, 0.3) is 0 Å². The zero-order valence-corrected chi connectivity index (χ0v) is 13.5. The number of aliphatic hydroxyl groups is 1. The number of sulfonamides is 1. The van der Waals surface area contributed by atoms with Gasteiger partial charge in [0.15, 0.2) is 0 Å². The predicted octanol–water partition coefficient (Wildman–Crippen LogP) is 2.27. The van der Waals surface area contributed by atoms with Gasteiger partial charge in [0.1, 0.15) is 10.7 Å². The van der Waals surface area contributed by atoms with Crippen LogP contribution in [0.25, 0.3) is 0 Å². The first-order valence-corrected chi connectivity index (χ1v) is 9.69. The highest BCUT2D eigenvalue weighted by atomic mass is 32.2. The lowest BCUT2D eigenvalue weighted by molar-refractivity contribution is 0.281. The summed E-state index contributed by atoms with van der Waals surface area (Å²) in [7, 11) is -3.88. The SMILES string of the molecule is CSC1CCCCC1NS(=O)(=O)c1ccc(CO)cc1F. The average molecular weight is 333 g/mol. The molecule has 1 aromatic rings. The number of nitrogens with one attached hydrogen (secondary N) is 1. The van der Waals surface area contributed by atoms with Gasteiger partial charge in [-0.05, 0) is 36.8 Å². The van der Waals surface area contributed by atoms with Crippen LogP contribution in [0.1, 0.15) is 31.2 Å². The number of thioether (sulfide) groups is 1. The highest BCUT2D eigenvalue weighted by molar-refractivity contribution is 7.99. The van der Waals surface area contributed by atoms with Crippen LogP contribution in [0.4, 0.5) is 4.39 Å². The van der Waals surface area contributed by atoms with Gasteiger partial charge in [0, 0.05) is 11.3 Å². The summed E-state index contributed by atoms with van der Waals surface area (Å²) in [6.07, 6.45) is 5.80. The third-order valence-corrected chi connectivity index (χ3v) is 6.47. The van der Waals surface area contributed by atoms with Crippen molar-refractivity contribution in [3.05, 3.63) is 29.6 Å². The van der Waals surface area contributed by atoms with Crippen molar-refractivity contribution in [1.29, 1.82) is 0 Å². The quantitative estimate of drug-likeness (QED) is 0.867. The van der Waals surface area contributed by atoms with E-state index in [0.717, 1.165) is 31.7 Å². The molecule has 0 heterocycles. The van der Waals surface area contributed by atoms with Crippen molar-refractivity contribution in [2.24, 2.45) is 0 Å². The van der Waals surface area contributed by atoms with E-state index in [4.69, 9.17) is 5.11 Å². The Labute approximate surface area is 129 Å². The molecular formula is C14H20FNO3S2. The molecule has 0 aliphatic heterocycles. The molecule has 118 valence electrons. The molecule has 4 nitrogen and oxygen atoms in total. The zero-order valence-electron chi connectivity index (χ0n) is 11.9. The van der Waals surface area contributed by atoms with Crippen LogP contribution in [0, 0.1) is 5.82 Å². The second-order valence-electron chi connectivity index (χ2n) is 5.21. The van der Waals surface area contributed by atoms with Crippen molar-refractivity contribution in [3.8, 4) is 0 Å². The van der Waals surface area contributed by atoms with Gasteiger partial charge in [-0.15, -0.1) is 0 Å². The molecule has 1 aliphatic carbocycles. The molecule has 1 aromatic carbocycles. The lowest BCUT2D eigenvalue weighted by Crippen LogP contribution is -2.43. The van der Waals surface area contributed by atoms with E-state index in [1.165, 1.54) is 12.1 Å². The van der Waals surface area contributed by atoms with Gasteiger partial charge >= 0.3 is 0 Å². The van der Waals surface area contributed by atoms with Crippen molar-refractivity contribution in [2.45, 2.75) is 48.5 Å². The Morgan fingerprint density at radius 1 is 1.38 bits per heavy atom. The minimum atomic E-state index is -3.88. The van der Waals surface area contributed by atoms with Crippen LogP contribution in [0.2, 0.25) is 0 Å². The first-order chi connectivity index (χ1) is 9.97. The fraction of sp³-hybridized carbons (Fsp3) is 0.571. The second-order valence-corrected chi connectivity index (χ2v) is 7.97. The standard InChI is InChI=1S/C14H20FNO3S2/c1-20-13-5-3-2-4-12(13)16-21(18,19)14-7-6-10(9-17)8-11(14)15/h6-8,12-13,16-17H,2-5,9H2,1H3. The third kappa shape index (κ3) is 3.97. The minimum Gasteiger partial charge on any atom is -0.392 e. The molecular weight excluding hydrogens is 313 g/mol. The molecule has 21 heavy (non-hydrogen) atoms. The first-order valence-electron chi connectivity index (χ1n) is 6.92. The smallest absolute Gasteiger partial charge is 0.243 e. The number of hydrogen-bond donors (Lipinski definition) is 2. The highest BCUT2D eigenvalue weighted by Crippen LogP contribution is 2.28. The maximum Gasteiger partial charge on any atom is 0.243 e. The molecule has 2 atom stereocenters. The molecule has 7 heteroatoms. The predicted molar refractivity (Wildman–Crippen MR) is 82.2 cm³/mol. The Hall–Kier alpha value is -0.630. The average Bonchev–Trinajstić information content (AvgIpc) is 2.47. The van der Waals surface area contributed by atoms with Crippen molar-refractivity contribution >= 4 is 21.8 Å².